The number of guanidine groups is 2. The first kappa shape index (κ1) is 18.1. The smallest absolute Gasteiger partial charge is 0.340 e. The molecule has 6 N–H and O–H groups in total. The third kappa shape index (κ3) is 5.06. The van der Waals surface area contributed by atoms with Crippen molar-refractivity contribution in [3.8, 4) is 11.5 Å². The lowest BCUT2D eigenvalue weighted by Crippen LogP contribution is -2.26. The number of benzene rings is 1. The number of carbonyl (C=O) groups excluding carboxylic acids is 1. The highest BCUT2D eigenvalue weighted by Crippen LogP contribution is 2.35. The number of methoxy groups -OCH3 is 1. The van der Waals surface area contributed by atoms with Gasteiger partial charge in [0.25, 0.3) is 0 Å². The summed E-state index contributed by atoms with van der Waals surface area (Å²) in [5.74, 6) is -0.249. The van der Waals surface area contributed by atoms with Crippen LogP contribution in [0.1, 0.15) is 24.2 Å². The highest BCUT2D eigenvalue weighted by atomic mass is 16.5. The van der Waals surface area contributed by atoms with Gasteiger partial charge >= 0.3 is 5.97 Å². The number of hydrogen-bond donors (Lipinski definition) is 3. The largest absolute Gasteiger partial charge is 0.490 e. The van der Waals surface area contributed by atoms with E-state index in [2.05, 4.69) is 9.98 Å². The first-order valence-corrected chi connectivity index (χ1v) is 6.88. The van der Waals surface area contributed by atoms with Crippen molar-refractivity contribution in [2.24, 2.45) is 27.2 Å². The minimum Gasteiger partial charge on any atom is -0.490 e. The van der Waals surface area contributed by atoms with Crippen LogP contribution in [0.15, 0.2) is 22.1 Å². The van der Waals surface area contributed by atoms with Gasteiger partial charge in [-0.05, 0) is 13.8 Å². The minimum atomic E-state index is -0.606. The van der Waals surface area contributed by atoms with Crippen LogP contribution in [0.25, 0.3) is 0 Å². The molecule has 0 aromatic heterocycles. The highest BCUT2D eigenvalue weighted by Gasteiger charge is 2.18. The summed E-state index contributed by atoms with van der Waals surface area (Å²) in [6.45, 7) is 4.45. The molecule has 0 aliphatic heterocycles. The molecule has 0 aliphatic rings. The number of ether oxygens (including phenoxy) is 3. The molecule has 0 bridgehead atoms. The van der Waals surface area contributed by atoms with E-state index in [0.717, 1.165) is 0 Å². The molecule has 126 valence electrons. The zero-order valence-electron chi connectivity index (χ0n) is 13.3. The van der Waals surface area contributed by atoms with E-state index >= 15 is 0 Å². The summed E-state index contributed by atoms with van der Waals surface area (Å²) in [5.41, 5.74) is 16.4. The van der Waals surface area contributed by atoms with E-state index in [1.165, 1.54) is 19.2 Å². The molecule has 0 fully saturated rings. The number of rotatable bonds is 6. The van der Waals surface area contributed by atoms with E-state index in [-0.39, 0.29) is 23.2 Å². The van der Waals surface area contributed by atoms with Gasteiger partial charge in [0.15, 0.2) is 17.5 Å². The van der Waals surface area contributed by atoms with E-state index in [1.807, 2.05) is 13.8 Å². The summed E-state index contributed by atoms with van der Waals surface area (Å²) >= 11 is 0. The molecule has 1 aromatic rings. The molecular weight excluding hydrogens is 302 g/mol. The Hall–Kier alpha value is -2.97. The second-order valence-corrected chi connectivity index (χ2v) is 4.18. The molecule has 0 amide bonds. The second kappa shape index (κ2) is 8.47. The number of aliphatic imine (C=N–C) groups is 2. The molecule has 9 nitrogen and oxygen atoms in total. The van der Waals surface area contributed by atoms with Crippen molar-refractivity contribution in [1.82, 2.24) is 0 Å². The van der Waals surface area contributed by atoms with Crippen molar-refractivity contribution in [2.75, 3.05) is 20.3 Å². The maximum absolute atomic E-state index is 11.9. The topological polar surface area (TPSA) is 148 Å². The summed E-state index contributed by atoms with van der Waals surface area (Å²) in [6, 6.07) is 2.98. The summed E-state index contributed by atoms with van der Waals surface area (Å²) < 4.78 is 15.7. The van der Waals surface area contributed by atoms with Gasteiger partial charge in [-0.15, -0.1) is 0 Å². The number of nitrogens with two attached hydrogens (primary N) is 3. The Balaban J connectivity index is 3.48. The first-order valence-electron chi connectivity index (χ1n) is 6.88. The van der Waals surface area contributed by atoms with Gasteiger partial charge in [-0.3, -0.25) is 0 Å². The van der Waals surface area contributed by atoms with Crippen molar-refractivity contribution in [2.45, 2.75) is 13.8 Å². The van der Waals surface area contributed by atoms with Gasteiger partial charge in [0, 0.05) is 12.1 Å². The molecule has 0 saturated heterocycles. The summed E-state index contributed by atoms with van der Waals surface area (Å²) in [6.07, 6.45) is 0. The minimum absolute atomic E-state index is 0.146. The van der Waals surface area contributed by atoms with Crippen LogP contribution in [0.4, 0.5) is 5.69 Å². The SMILES string of the molecule is CCOc1cc(N=C(N)N=C(N)N)c(C(=O)OC)cc1OCC. The zero-order valence-corrected chi connectivity index (χ0v) is 13.3. The Kier molecular flexibility index (Phi) is 6.66. The van der Waals surface area contributed by atoms with E-state index < -0.39 is 5.97 Å². The Morgan fingerprint density at radius 3 is 2.13 bits per heavy atom. The zero-order chi connectivity index (χ0) is 17.4. The molecule has 0 spiro atoms. The lowest BCUT2D eigenvalue weighted by atomic mass is 10.1. The molecule has 0 aliphatic carbocycles. The van der Waals surface area contributed by atoms with Gasteiger partial charge in [-0.2, -0.15) is 4.99 Å². The highest BCUT2D eigenvalue weighted by molar-refractivity contribution is 5.99. The Bertz CT molecular complexity index is 624. The van der Waals surface area contributed by atoms with E-state index in [1.54, 1.807) is 0 Å². The number of carbonyl (C=O) groups is 1. The van der Waals surface area contributed by atoms with E-state index in [4.69, 9.17) is 31.4 Å². The lowest BCUT2D eigenvalue weighted by Gasteiger charge is -2.14. The average molecular weight is 323 g/mol. The molecule has 23 heavy (non-hydrogen) atoms. The average Bonchev–Trinajstić information content (AvgIpc) is 2.48. The van der Waals surface area contributed by atoms with Gasteiger partial charge in [-0.1, -0.05) is 0 Å². The molecule has 0 radical (unpaired) electrons. The molecular formula is C14H21N5O4. The van der Waals surface area contributed by atoms with Crippen LogP contribution in [0.5, 0.6) is 11.5 Å². The van der Waals surface area contributed by atoms with Crippen molar-refractivity contribution < 1.29 is 19.0 Å². The van der Waals surface area contributed by atoms with Crippen molar-refractivity contribution in [3.63, 3.8) is 0 Å². The molecule has 0 unspecified atom stereocenters. The summed E-state index contributed by atoms with van der Waals surface area (Å²) in [4.78, 5) is 19.6. The molecule has 0 heterocycles. The second-order valence-electron chi connectivity index (χ2n) is 4.18. The fraction of sp³-hybridized carbons (Fsp3) is 0.357. The van der Waals surface area contributed by atoms with E-state index in [0.29, 0.717) is 24.7 Å². The fourth-order valence-corrected chi connectivity index (χ4v) is 1.73. The molecule has 0 atom stereocenters. The van der Waals surface area contributed by atoms with Crippen LogP contribution in [0, 0.1) is 0 Å². The van der Waals surface area contributed by atoms with Gasteiger partial charge in [-0.25, -0.2) is 9.79 Å². The standard InChI is InChI=1S/C14H21N5O4/c1-4-22-10-6-8(12(20)21-3)9(7-11(10)23-5-2)18-14(17)19-13(15)16/h6-7H,4-5H2,1-3H3,(H6,15,16,17,18,19). The van der Waals surface area contributed by atoms with E-state index in [9.17, 15) is 4.79 Å². The van der Waals surface area contributed by atoms with Crippen molar-refractivity contribution in [3.05, 3.63) is 17.7 Å². The van der Waals surface area contributed by atoms with Crippen LogP contribution in [-0.2, 0) is 4.74 Å². The lowest BCUT2D eigenvalue weighted by molar-refractivity contribution is 0.0601. The molecule has 0 saturated carbocycles. The predicted molar refractivity (Wildman–Crippen MR) is 87.2 cm³/mol. The van der Waals surface area contributed by atoms with Crippen LogP contribution in [-0.4, -0.2) is 38.2 Å². The van der Waals surface area contributed by atoms with Crippen LogP contribution in [0.3, 0.4) is 0 Å². The fourth-order valence-electron chi connectivity index (χ4n) is 1.73. The van der Waals surface area contributed by atoms with Crippen molar-refractivity contribution in [1.29, 1.82) is 0 Å². The number of nitrogens with zero attached hydrogens (tertiary/aromatic N) is 2. The van der Waals surface area contributed by atoms with Gasteiger partial charge in [0.2, 0.25) is 5.96 Å². The molecule has 9 heteroatoms. The van der Waals surface area contributed by atoms with Gasteiger partial charge in [0.1, 0.15) is 0 Å². The van der Waals surface area contributed by atoms with Crippen LogP contribution in [0.2, 0.25) is 0 Å². The third-order valence-corrected chi connectivity index (χ3v) is 2.55. The maximum atomic E-state index is 11.9. The maximum Gasteiger partial charge on any atom is 0.340 e. The summed E-state index contributed by atoms with van der Waals surface area (Å²) in [7, 11) is 1.26. The normalized spacial score (nSPS) is 10.8. The Morgan fingerprint density at radius 2 is 1.65 bits per heavy atom. The van der Waals surface area contributed by atoms with Gasteiger partial charge in [0.05, 0.1) is 31.6 Å². The predicted octanol–water partition coefficient (Wildman–Crippen LogP) is 0.490. The number of esters is 1. The monoisotopic (exact) mass is 323 g/mol. The molecule has 1 rings (SSSR count). The number of hydrogen-bond acceptors (Lipinski definition) is 5. The molecule has 1 aromatic carbocycles. The van der Waals surface area contributed by atoms with Crippen molar-refractivity contribution >= 4 is 23.6 Å². The summed E-state index contributed by atoms with van der Waals surface area (Å²) in [5, 5.41) is 0. The van der Waals surface area contributed by atoms with Crippen LogP contribution < -0.4 is 26.7 Å². The third-order valence-electron chi connectivity index (χ3n) is 2.55. The quantitative estimate of drug-likeness (QED) is 0.392. The Morgan fingerprint density at radius 1 is 1.09 bits per heavy atom. The van der Waals surface area contributed by atoms with Gasteiger partial charge < -0.3 is 31.4 Å². The first-order chi connectivity index (χ1) is 10.9. The Labute approximate surface area is 134 Å². The van der Waals surface area contributed by atoms with Crippen LogP contribution >= 0.6 is 0 Å².